The fourth-order valence-electron chi connectivity index (χ4n) is 4.21. The fourth-order valence-corrected chi connectivity index (χ4v) is 5.27. The smallest absolute Gasteiger partial charge is 0.265 e. The molecule has 1 N–H and O–H groups in total. The highest BCUT2D eigenvalue weighted by molar-refractivity contribution is 8.04. The summed E-state index contributed by atoms with van der Waals surface area (Å²) in [5, 5.41) is 2.92. The van der Waals surface area contributed by atoms with Crippen LogP contribution in [0.15, 0.2) is 82.6 Å². The molecule has 1 atom stereocenters. The lowest BCUT2D eigenvalue weighted by molar-refractivity contribution is -0.114. The third-order valence-corrected chi connectivity index (χ3v) is 7.18. The molecular formula is C28H25FN2O3S. The molecule has 0 bridgehead atoms. The SMILES string of the molecule is O=C(NCC1CCCO1)c1ccc(/C=C2\Sc3ccccc3N(Cc3ccccc3F)C2=O)cc1. The average Bonchev–Trinajstić information content (AvgIpc) is 3.40. The quantitative estimate of drug-likeness (QED) is 0.471. The van der Waals surface area contributed by atoms with Crippen molar-refractivity contribution in [1.82, 2.24) is 5.32 Å². The number of carbonyl (C=O) groups is 2. The minimum Gasteiger partial charge on any atom is -0.376 e. The summed E-state index contributed by atoms with van der Waals surface area (Å²) in [6.45, 7) is 1.40. The number of nitrogens with one attached hydrogen (secondary N) is 1. The zero-order valence-electron chi connectivity index (χ0n) is 19.1. The Bertz CT molecular complexity index is 1270. The number of rotatable bonds is 6. The molecule has 1 fully saturated rings. The summed E-state index contributed by atoms with van der Waals surface area (Å²) in [5.74, 6) is -0.668. The Balaban J connectivity index is 1.34. The maximum Gasteiger partial charge on any atom is 0.265 e. The zero-order valence-corrected chi connectivity index (χ0v) is 19.9. The van der Waals surface area contributed by atoms with E-state index >= 15 is 0 Å². The number of hydrogen-bond donors (Lipinski definition) is 1. The molecule has 35 heavy (non-hydrogen) atoms. The summed E-state index contributed by atoms with van der Waals surface area (Å²) < 4.78 is 19.9. The Morgan fingerprint density at radius 1 is 1.09 bits per heavy atom. The standard InChI is InChI=1S/C28H25FN2O3S/c29-23-8-2-1-6-21(23)18-31-24-9-3-4-10-25(24)35-26(28(31)33)16-19-11-13-20(14-12-19)27(32)30-17-22-7-5-15-34-22/h1-4,6,8-14,16,22H,5,7,15,17-18H2,(H,30,32)/b26-16-. The number of benzene rings is 3. The van der Waals surface area contributed by atoms with Gasteiger partial charge in [0.1, 0.15) is 5.82 Å². The number of anilines is 1. The van der Waals surface area contributed by atoms with Crippen LogP contribution in [0.3, 0.4) is 0 Å². The van der Waals surface area contributed by atoms with Crippen molar-refractivity contribution in [2.75, 3.05) is 18.1 Å². The Kier molecular flexibility index (Phi) is 6.97. The van der Waals surface area contributed by atoms with Crippen LogP contribution in [0, 0.1) is 5.82 Å². The zero-order chi connectivity index (χ0) is 24.2. The van der Waals surface area contributed by atoms with Crippen LogP contribution in [0.4, 0.5) is 10.1 Å². The molecule has 2 heterocycles. The molecule has 0 aliphatic carbocycles. The molecule has 1 saturated heterocycles. The number of fused-ring (bicyclic) bond motifs is 1. The molecule has 0 saturated carbocycles. The first kappa shape index (κ1) is 23.3. The Hall–Kier alpha value is -3.42. The van der Waals surface area contributed by atoms with E-state index in [1.807, 2.05) is 42.5 Å². The average molecular weight is 489 g/mol. The summed E-state index contributed by atoms with van der Waals surface area (Å²) in [6.07, 6.45) is 3.90. The van der Waals surface area contributed by atoms with E-state index in [1.165, 1.54) is 17.8 Å². The van der Waals surface area contributed by atoms with Crippen LogP contribution in [0.1, 0.15) is 34.3 Å². The normalized spacial score (nSPS) is 18.5. The number of ether oxygens (including phenoxy) is 1. The minimum atomic E-state index is -0.338. The van der Waals surface area contributed by atoms with Gasteiger partial charge in [0.15, 0.2) is 0 Å². The number of amides is 2. The molecule has 0 radical (unpaired) electrons. The van der Waals surface area contributed by atoms with Crippen molar-refractivity contribution in [3.63, 3.8) is 0 Å². The van der Waals surface area contributed by atoms with Gasteiger partial charge in [-0.25, -0.2) is 4.39 Å². The van der Waals surface area contributed by atoms with Gasteiger partial charge in [0.25, 0.3) is 11.8 Å². The van der Waals surface area contributed by atoms with Crippen molar-refractivity contribution in [1.29, 1.82) is 0 Å². The van der Waals surface area contributed by atoms with Gasteiger partial charge in [-0.05, 0) is 54.8 Å². The monoisotopic (exact) mass is 488 g/mol. The van der Waals surface area contributed by atoms with Crippen molar-refractivity contribution in [3.05, 3.63) is 100 Å². The molecule has 2 amide bonds. The van der Waals surface area contributed by atoms with E-state index in [1.54, 1.807) is 35.2 Å². The van der Waals surface area contributed by atoms with Crippen LogP contribution in [-0.2, 0) is 16.1 Å². The van der Waals surface area contributed by atoms with Crippen molar-refractivity contribution >= 4 is 35.3 Å². The lowest BCUT2D eigenvalue weighted by atomic mass is 10.1. The first-order chi connectivity index (χ1) is 17.1. The van der Waals surface area contributed by atoms with Crippen LogP contribution in [-0.4, -0.2) is 31.1 Å². The van der Waals surface area contributed by atoms with E-state index in [9.17, 15) is 14.0 Å². The molecule has 2 aliphatic heterocycles. The summed E-state index contributed by atoms with van der Waals surface area (Å²) in [5.41, 5.74) is 2.59. The number of nitrogens with zero attached hydrogens (tertiary/aromatic N) is 1. The molecule has 0 aromatic heterocycles. The highest BCUT2D eigenvalue weighted by atomic mass is 32.2. The first-order valence-electron chi connectivity index (χ1n) is 11.6. The Labute approximate surface area is 208 Å². The van der Waals surface area contributed by atoms with Crippen molar-refractivity contribution in [3.8, 4) is 0 Å². The second kappa shape index (κ2) is 10.5. The summed E-state index contributed by atoms with van der Waals surface area (Å²) in [6, 6.07) is 21.3. The molecule has 5 nitrogen and oxygen atoms in total. The van der Waals surface area contributed by atoms with Gasteiger partial charge in [0, 0.05) is 29.2 Å². The molecule has 3 aromatic rings. The molecule has 2 aliphatic rings. The number of hydrogen-bond acceptors (Lipinski definition) is 4. The van der Waals surface area contributed by atoms with E-state index in [4.69, 9.17) is 4.74 Å². The third-order valence-electron chi connectivity index (χ3n) is 6.10. The maximum absolute atomic E-state index is 14.3. The molecular weight excluding hydrogens is 463 g/mol. The van der Waals surface area contributed by atoms with Crippen molar-refractivity contribution in [2.45, 2.75) is 30.4 Å². The first-order valence-corrected chi connectivity index (χ1v) is 12.4. The fraction of sp³-hybridized carbons (Fsp3) is 0.214. The Morgan fingerprint density at radius 3 is 2.63 bits per heavy atom. The van der Waals surface area contributed by atoms with Crippen LogP contribution < -0.4 is 10.2 Å². The topological polar surface area (TPSA) is 58.6 Å². The van der Waals surface area contributed by atoms with Gasteiger partial charge in [-0.1, -0.05) is 54.2 Å². The number of para-hydroxylation sites is 1. The molecule has 7 heteroatoms. The van der Waals surface area contributed by atoms with Gasteiger partial charge in [-0.2, -0.15) is 0 Å². The molecule has 0 spiro atoms. The van der Waals surface area contributed by atoms with Crippen LogP contribution in [0.2, 0.25) is 0 Å². The largest absolute Gasteiger partial charge is 0.376 e. The molecule has 5 rings (SSSR count). The van der Waals surface area contributed by atoms with Gasteiger partial charge in [-0.15, -0.1) is 0 Å². The number of thioether (sulfide) groups is 1. The van der Waals surface area contributed by atoms with Gasteiger partial charge >= 0.3 is 0 Å². The molecule has 178 valence electrons. The van der Waals surface area contributed by atoms with Gasteiger partial charge in [-0.3, -0.25) is 9.59 Å². The molecule has 1 unspecified atom stereocenters. The second-order valence-electron chi connectivity index (χ2n) is 8.53. The summed E-state index contributed by atoms with van der Waals surface area (Å²) in [4.78, 5) is 29.0. The second-order valence-corrected chi connectivity index (χ2v) is 9.61. The van der Waals surface area contributed by atoms with Crippen LogP contribution in [0.5, 0.6) is 0 Å². The van der Waals surface area contributed by atoms with Gasteiger partial charge in [0.2, 0.25) is 0 Å². The van der Waals surface area contributed by atoms with Gasteiger partial charge in [0.05, 0.1) is 23.2 Å². The lowest BCUT2D eigenvalue weighted by Gasteiger charge is -2.30. The predicted molar refractivity (Wildman–Crippen MR) is 136 cm³/mol. The highest BCUT2D eigenvalue weighted by Crippen LogP contribution is 2.42. The van der Waals surface area contributed by atoms with E-state index in [2.05, 4.69) is 5.32 Å². The number of carbonyl (C=O) groups excluding carboxylic acids is 2. The van der Waals surface area contributed by atoms with E-state index in [0.717, 1.165) is 35.6 Å². The highest BCUT2D eigenvalue weighted by Gasteiger charge is 2.29. The van der Waals surface area contributed by atoms with E-state index < -0.39 is 0 Å². The lowest BCUT2D eigenvalue weighted by Crippen LogP contribution is -2.34. The maximum atomic E-state index is 14.3. The summed E-state index contributed by atoms with van der Waals surface area (Å²) >= 11 is 1.39. The minimum absolute atomic E-state index is 0.0903. The summed E-state index contributed by atoms with van der Waals surface area (Å²) in [7, 11) is 0. The van der Waals surface area contributed by atoms with E-state index in [0.29, 0.717) is 22.6 Å². The third kappa shape index (κ3) is 5.31. The predicted octanol–water partition coefficient (Wildman–Crippen LogP) is 5.41. The Morgan fingerprint density at radius 2 is 1.86 bits per heavy atom. The van der Waals surface area contributed by atoms with Gasteiger partial charge < -0.3 is 15.0 Å². The van der Waals surface area contributed by atoms with Crippen LogP contribution in [0.25, 0.3) is 6.08 Å². The van der Waals surface area contributed by atoms with Crippen LogP contribution >= 0.6 is 11.8 Å². The number of halogens is 1. The van der Waals surface area contributed by atoms with E-state index in [-0.39, 0.29) is 30.3 Å². The van der Waals surface area contributed by atoms with Crippen molar-refractivity contribution < 1.29 is 18.7 Å². The van der Waals surface area contributed by atoms with Crippen molar-refractivity contribution in [2.24, 2.45) is 0 Å². The molecule has 3 aromatic carbocycles.